The lowest BCUT2D eigenvalue weighted by Crippen LogP contribution is -2.35. The number of rotatable bonds is 3. The molecule has 2 aromatic heterocycles. The molecule has 1 N–H and O–H groups in total. The Kier molecular flexibility index (Phi) is 4.32. The molecule has 0 spiro atoms. The molecule has 26 heavy (non-hydrogen) atoms. The van der Waals surface area contributed by atoms with E-state index < -0.39 is 0 Å². The van der Waals surface area contributed by atoms with E-state index in [1.54, 1.807) is 13.3 Å². The van der Waals surface area contributed by atoms with E-state index in [1.807, 2.05) is 30.3 Å². The molecule has 1 aromatic carbocycles. The minimum atomic E-state index is -0.150. The maximum atomic E-state index is 12.8. The molecule has 3 aromatic rings. The monoisotopic (exact) mass is 350 g/mol. The van der Waals surface area contributed by atoms with Gasteiger partial charge in [-0.3, -0.25) is 9.78 Å². The zero-order valence-corrected chi connectivity index (χ0v) is 15.0. The number of aromatic amines is 1. The third-order valence-electron chi connectivity index (χ3n) is 5.08. The van der Waals surface area contributed by atoms with Gasteiger partial charge in [0.2, 0.25) is 5.95 Å². The SMILES string of the molecule is COc1ccc(-c2ccnc3nc(N4CCC(C)CC4)[nH]c(=O)c23)cc1. The fourth-order valence-electron chi connectivity index (χ4n) is 3.43. The summed E-state index contributed by atoms with van der Waals surface area (Å²) in [5, 5.41) is 0.520. The van der Waals surface area contributed by atoms with Gasteiger partial charge in [-0.15, -0.1) is 0 Å². The quantitative estimate of drug-likeness (QED) is 0.785. The number of nitrogens with one attached hydrogen (secondary N) is 1. The average Bonchev–Trinajstić information content (AvgIpc) is 2.68. The number of benzene rings is 1. The Bertz CT molecular complexity index is 973. The molecule has 6 heteroatoms. The Balaban J connectivity index is 1.78. The maximum absolute atomic E-state index is 12.8. The molecule has 1 saturated heterocycles. The van der Waals surface area contributed by atoms with E-state index in [0.717, 1.165) is 48.7 Å². The zero-order chi connectivity index (χ0) is 18.1. The van der Waals surface area contributed by atoms with Gasteiger partial charge in [0.25, 0.3) is 5.56 Å². The summed E-state index contributed by atoms with van der Waals surface area (Å²) in [6.45, 7) is 4.08. The molecular formula is C20H22N4O2. The van der Waals surface area contributed by atoms with Crippen LogP contribution in [0.1, 0.15) is 19.8 Å². The number of hydrogen-bond donors (Lipinski definition) is 1. The van der Waals surface area contributed by atoms with E-state index in [-0.39, 0.29) is 5.56 Å². The number of piperidine rings is 1. The summed E-state index contributed by atoms with van der Waals surface area (Å²) in [5.74, 6) is 2.12. The third kappa shape index (κ3) is 3.03. The van der Waals surface area contributed by atoms with Crippen molar-refractivity contribution < 1.29 is 4.74 Å². The number of hydrogen-bond acceptors (Lipinski definition) is 5. The average molecular weight is 350 g/mol. The second-order valence-corrected chi connectivity index (χ2v) is 6.84. The number of methoxy groups -OCH3 is 1. The van der Waals surface area contributed by atoms with E-state index in [4.69, 9.17) is 4.74 Å². The molecule has 0 bridgehead atoms. The number of nitrogens with zero attached hydrogens (tertiary/aromatic N) is 3. The molecule has 1 fully saturated rings. The molecular weight excluding hydrogens is 328 g/mol. The Morgan fingerprint density at radius 2 is 1.88 bits per heavy atom. The van der Waals surface area contributed by atoms with Gasteiger partial charge in [0.05, 0.1) is 12.5 Å². The summed E-state index contributed by atoms with van der Waals surface area (Å²) in [4.78, 5) is 26.9. The summed E-state index contributed by atoms with van der Waals surface area (Å²) in [7, 11) is 1.63. The Morgan fingerprint density at radius 1 is 1.15 bits per heavy atom. The van der Waals surface area contributed by atoms with Crippen LogP contribution in [0.5, 0.6) is 5.75 Å². The summed E-state index contributed by atoms with van der Waals surface area (Å²) in [5.41, 5.74) is 2.09. The Labute approximate surface area is 151 Å². The molecule has 0 saturated carbocycles. The summed E-state index contributed by atoms with van der Waals surface area (Å²) in [6.07, 6.45) is 3.93. The second kappa shape index (κ2) is 6.78. The van der Waals surface area contributed by atoms with E-state index in [9.17, 15) is 4.79 Å². The normalized spacial score (nSPS) is 15.4. The van der Waals surface area contributed by atoms with Gasteiger partial charge in [0.15, 0.2) is 5.65 Å². The maximum Gasteiger partial charge on any atom is 0.262 e. The Morgan fingerprint density at radius 3 is 2.58 bits per heavy atom. The first-order chi connectivity index (χ1) is 12.7. The highest BCUT2D eigenvalue weighted by molar-refractivity contribution is 5.92. The molecule has 0 amide bonds. The molecule has 6 nitrogen and oxygen atoms in total. The van der Waals surface area contributed by atoms with Crippen molar-refractivity contribution in [3.05, 3.63) is 46.9 Å². The lowest BCUT2D eigenvalue weighted by atomic mass is 10.00. The van der Waals surface area contributed by atoms with Gasteiger partial charge in [-0.1, -0.05) is 19.1 Å². The van der Waals surface area contributed by atoms with Crippen LogP contribution < -0.4 is 15.2 Å². The standard InChI is InChI=1S/C20H22N4O2/c1-13-8-11-24(12-9-13)20-22-18-17(19(25)23-20)16(7-10-21-18)14-3-5-15(26-2)6-4-14/h3-7,10,13H,8-9,11-12H2,1-2H3,(H,21,22,23,25). The van der Waals surface area contributed by atoms with Crippen LogP contribution >= 0.6 is 0 Å². The van der Waals surface area contributed by atoms with Crippen LogP contribution in [0.2, 0.25) is 0 Å². The number of pyridine rings is 1. The third-order valence-corrected chi connectivity index (χ3v) is 5.08. The van der Waals surface area contributed by atoms with Crippen molar-refractivity contribution in [3.8, 4) is 16.9 Å². The van der Waals surface area contributed by atoms with Gasteiger partial charge in [-0.25, -0.2) is 4.98 Å². The van der Waals surface area contributed by atoms with Gasteiger partial charge in [-0.05, 0) is 48.1 Å². The van der Waals surface area contributed by atoms with Crippen LogP contribution in [0.3, 0.4) is 0 Å². The Hall–Kier alpha value is -2.89. The molecule has 134 valence electrons. The molecule has 1 aliphatic heterocycles. The summed E-state index contributed by atoms with van der Waals surface area (Å²) < 4.78 is 5.21. The fraction of sp³-hybridized carbons (Fsp3) is 0.350. The lowest BCUT2D eigenvalue weighted by Gasteiger charge is -2.30. The number of aromatic nitrogens is 3. The molecule has 0 unspecified atom stereocenters. The lowest BCUT2D eigenvalue weighted by molar-refractivity contribution is 0.415. The van der Waals surface area contributed by atoms with Crippen LogP contribution in [-0.4, -0.2) is 35.2 Å². The van der Waals surface area contributed by atoms with Gasteiger partial charge in [0.1, 0.15) is 5.75 Å². The predicted octanol–water partition coefficient (Wildman–Crippen LogP) is 3.23. The molecule has 0 radical (unpaired) electrons. The molecule has 3 heterocycles. The van der Waals surface area contributed by atoms with E-state index in [2.05, 4.69) is 26.8 Å². The van der Waals surface area contributed by atoms with Crippen molar-refractivity contribution in [3.63, 3.8) is 0 Å². The molecule has 4 rings (SSSR count). The second-order valence-electron chi connectivity index (χ2n) is 6.84. The van der Waals surface area contributed by atoms with Crippen LogP contribution in [0.4, 0.5) is 5.95 Å². The van der Waals surface area contributed by atoms with Crippen molar-refractivity contribution >= 4 is 17.0 Å². The highest BCUT2D eigenvalue weighted by Gasteiger charge is 2.19. The zero-order valence-electron chi connectivity index (χ0n) is 15.0. The molecule has 1 aliphatic rings. The van der Waals surface area contributed by atoms with Gasteiger partial charge < -0.3 is 9.64 Å². The largest absolute Gasteiger partial charge is 0.497 e. The number of fused-ring (bicyclic) bond motifs is 1. The van der Waals surface area contributed by atoms with E-state index in [0.29, 0.717) is 17.0 Å². The van der Waals surface area contributed by atoms with Crippen molar-refractivity contribution in [2.45, 2.75) is 19.8 Å². The first-order valence-corrected chi connectivity index (χ1v) is 8.94. The number of anilines is 1. The summed E-state index contributed by atoms with van der Waals surface area (Å²) >= 11 is 0. The van der Waals surface area contributed by atoms with Gasteiger partial charge in [-0.2, -0.15) is 4.98 Å². The number of ether oxygens (including phenoxy) is 1. The highest BCUT2D eigenvalue weighted by atomic mass is 16.5. The van der Waals surface area contributed by atoms with Crippen molar-refractivity contribution in [2.75, 3.05) is 25.1 Å². The van der Waals surface area contributed by atoms with Crippen LogP contribution in [0, 0.1) is 5.92 Å². The highest BCUT2D eigenvalue weighted by Crippen LogP contribution is 2.27. The minimum Gasteiger partial charge on any atom is -0.497 e. The molecule has 0 atom stereocenters. The smallest absolute Gasteiger partial charge is 0.262 e. The number of H-pyrrole nitrogens is 1. The van der Waals surface area contributed by atoms with E-state index in [1.165, 1.54) is 0 Å². The van der Waals surface area contributed by atoms with Crippen LogP contribution in [-0.2, 0) is 0 Å². The summed E-state index contributed by atoms with van der Waals surface area (Å²) in [6, 6.07) is 9.49. The minimum absolute atomic E-state index is 0.150. The fourth-order valence-corrected chi connectivity index (χ4v) is 3.43. The van der Waals surface area contributed by atoms with Crippen LogP contribution in [0.15, 0.2) is 41.3 Å². The topological polar surface area (TPSA) is 71.1 Å². The first kappa shape index (κ1) is 16.6. The van der Waals surface area contributed by atoms with Crippen molar-refractivity contribution in [1.82, 2.24) is 15.0 Å². The first-order valence-electron chi connectivity index (χ1n) is 8.94. The van der Waals surface area contributed by atoms with Crippen molar-refractivity contribution in [2.24, 2.45) is 5.92 Å². The van der Waals surface area contributed by atoms with Crippen molar-refractivity contribution in [1.29, 1.82) is 0 Å². The molecule has 0 aliphatic carbocycles. The van der Waals surface area contributed by atoms with Crippen LogP contribution in [0.25, 0.3) is 22.2 Å². The van der Waals surface area contributed by atoms with Gasteiger partial charge in [0, 0.05) is 19.3 Å². The predicted molar refractivity (Wildman–Crippen MR) is 103 cm³/mol. The van der Waals surface area contributed by atoms with Gasteiger partial charge >= 0.3 is 0 Å². The van der Waals surface area contributed by atoms with E-state index >= 15 is 0 Å².